The fourth-order valence-corrected chi connectivity index (χ4v) is 5.88. The smallest absolute Gasteiger partial charge is 0.138 e. The van der Waals surface area contributed by atoms with E-state index in [0.29, 0.717) is 11.7 Å². The highest BCUT2D eigenvalue weighted by Crippen LogP contribution is 2.33. The van der Waals surface area contributed by atoms with Crippen LogP contribution in [0.25, 0.3) is 0 Å². The van der Waals surface area contributed by atoms with Gasteiger partial charge in [0.1, 0.15) is 5.78 Å². The van der Waals surface area contributed by atoms with E-state index in [4.69, 9.17) is 0 Å². The van der Waals surface area contributed by atoms with Crippen LogP contribution in [-0.2, 0) is 4.79 Å². The van der Waals surface area contributed by atoms with Crippen molar-refractivity contribution in [2.75, 3.05) is 32.7 Å². The van der Waals surface area contributed by atoms with Gasteiger partial charge in [0.25, 0.3) is 0 Å². The van der Waals surface area contributed by atoms with Crippen LogP contribution in [0.2, 0.25) is 0 Å². The first-order valence-electron chi connectivity index (χ1n) is 11.9. The molecule has 27 heavy (non-hydrogen) atoms. The molecule has 156 valence electrons. The van der Waals surface area contributed by atoms with E-state index in [1.807, 2.05) is 0 Å². The van der Waals surface area contributed by atoms with Crippen LogP contribution < -0.4 is 0 Å². The first-order chi connectivity index (χ1) is 12.9. The normalized spacial score (nSPS) is 30.3. The fourth-order valence-electron chi connectivity index (χ4n) is 5.88. The summed E-state index contributed by atoms with van der Waals surface area (Å²) >= 11 is 0. The Morgan fingerprint density at radius 3 is 1.93 bits per heavy atom. The van der Waals surface area contributed by atoms with E-state index in [2.05, 4.69) is 37.5 Å². The lowest BCUT2D eigenvalue weighted by molar-refractivity contribution is -0.127. The van der Waals surface area contributed by atoms with E-state index < -0.39 is 0 Å². The molecule has 1 saturated carbocycles. The molecule has 0 atom stereocenters. The highest BCUT2D eigenvalue weighted by molar-refractivity contribution is 5.82. The molecule has 3 nitrogen and oxygen atoms in total. The van der Waals surface area contributed by atoms with Crippen LogP contribution in [0.5, 0.6) is 0 Å². The zero-order chi connectivity index (χ0) is 19.4. The number of Topliss-reactive ketones (excluding diaryl/α,β-unsaturated/α-hetero) is 1. The molecular formula is C24H44N2O. The molecule has 0 radical (unpaired) electrons. The summed E-state index contributed by atoms with van der Waals surface area (Å²) in [6.45, 7) is 15.2. The molecule has 3 aliphatic rings. The van der Waals surface area contributed by atoms with E-state index in [1.165, 1.54) is 58.2 Å². The number of nitrogens with zero attached hydrogens (tertiary/aromatic N) is 2. The zero-order valence-corrected chi connectivity index (χ0v) is 18.5. The van der Waals surface area contributed by atoms with Crippen LogP contribution in [0.3, 0.4) is 0 Å². The van der Waals surface area contributed by atoms with E-state index in [9.17, 15) is 4.79 Å². The molecule has 3 heteroatoms. The first kappa shape index (κ1) is 21.3. The van der Waals surface area contributed by atoms with Gasteiger partial charge in [0, 0.05) is 24.4 Å². The molecule has 2 aliphatic heterocycles. The number of carbonyl (C=O) groups is 1. The standard InChI is InChI=1S/C24H44N2O/c1-18(2)21-11-15-26(16-12-21)23-7-5-20(6-8-23)17-25-13-9-22(10-14-25)24(27)19(3)4/h18-23H,5-17H2,1-4H3. The predicted octanol–water partition coefficient (Wildman–Crippen LogP) is 4.85. The summed E-state index contributed by atoms with van der Waals surface area (Å²) < 4.78 is 0. The van der Waals surface area contributed by atoms with Gasteiger partial charge in [0.15, 0.2) is 0 Å². The summed E-state index contributed by atoms with van der Waals surface area (Å²) in [6, 6.07) is 0.865. The van der Waals surface area contributed by atoms with Crippen molar-refractivity contribution in [3.05, 3.63) is 0 Å². The van der Waals surface area contributed by atoms with Gasteiger partial charge in [0.2, 0.25) is 0 Å². The SMILES string of the molecule is CC(C)C(=O)C1CCN(CC2CCC(N3CCC(C(C)C)CC3)CC2)CC1. The molecule has 0 unspecified atom stereocenters. The Morgan fingerprint density at radius 1 is 0.815 bits per heavy atom. The van der Waals surface area contributed by atoms with E-state index >= 15 is 0 Å². The van der Waals surface area contributed by atoms with Crippen LogP contribution in [0.1, 0.15) is 79.1 Å². The first-order valence-corrected chi connectivity index (χ1v) is 11.9. The molecule has 0 bridgehead atoms. The van der Waals surface area contributed by atoms with Gasteiger partial charge >= 0.3 is 0 Å². The molecule has 0 aromatic heterocycles. The van der Waals surface area contributed by atoms with Crippen molar-refractivity contribution in [3.63, 3.8) is 0 Å². The summed E-state index contributed by atoms with van der Waals surface area (Å²) in [7, 11) is 0. The second-order valence-corrected chi connectivity index (χ2v) is 10.4. The number of hydrogen-bond donors (Lipinski definition) is 0. The van der Waals surface area contributed by atoms with Crippen molar-refractivity contribution < 1.29 is 4.79 Å². The molecule has 2 heterocycles. The summed E-state index contributed by atoms with van der Waals surface area (Å²) in [5, 5.41) is 0. The summed E-state index contributed by atoms with van der Waals surface area (Å²) in [4.78, 5) is 17.7. The van der Waals surface area contributed by atoms with Gasteiger partial charge < -0.3 is 9.80 Å². The number of ketones is 1. The molecule has 1 aliphatic carbocycles. The molecule has 2 saturated heterocycles. The Hall–Kier alpha value is -0.410. The van der Waals surface area contributed by atoms with Crippen LogP contribution in [0.4, 0.5) is 0 Å². The Bertz CT molecular complexity index is 451. The molecule has 0 aromatic carbocycles. The Labute approximate surface area is 168 Å². The number of likely N-dealkylation sites (tertiary alicyclic amines) is 2. The lowest BCUT2D eigenvalue weighted by Crippen LogP contribution is -2.45. The van der Waals surface area contributed by atoms with E-state index in [-0.39, 0.29) is 5.92 Å². The third-order valence-electron chi connectivity index (χ3n) is 7.93. The minimum Gasteiger partial charge on any atom is -0.303 e. The largest absolute Gasteiger partial charge is 0.303 e. The second-order valence-electron chi connectivity index (χ2n) is 10.4. The number of carbonyl (C=O) groups excluding carboxylic acids is 1. The van der Waals surface area contributed by atoms with Crippen molar-refractivity contribution >= 4 is 5.78 Å². The molecular weight excluding hydrogens is 332 g/mol. The second kappa shape index (κ2) is 9.87. The van der Waals surface area contributed by atoms with Crippen LogP contribution in [0.15, 0.2) is 0 Å². The average Bonchev–Trinajstić information content (AvgIpc) is 2.68. The van der Waals surface area contributed by atoms with Gasteiger partial charge in [-0.25, -0.2) is 0 Å². The van der Waals surface area contributed by atoms with Crippen LogP contribution in [0, 0.1) is 29.6 Å². The van der Waals surface area contributed by atoms with Crippen LogP contribution >= 0.6 is 0 Å². The average molecular weight is 377 g/mol. The van der Waals surface area contributed by atoms with E-state index in [1.54, 1.807) is 0 Å². The third-order valence-corrected chi connectivity index (χ3v) is 7.93. The lowest BCUT2D eigenvalue weighted by Gasteiger charge is -2.42. The number of piperidine rings is 2. The molecule has 0 N–H and O–H groups in total. The van der Waals surface area contributed by atoms with Crippen molar-refractivity contribution in [2.45, 2.75) is 85.1 Å². The summed E-state index contributed by atoms with van der Waals surface area (Å²) in [5.41, 5.74) is 0. The topological polar surface area (TPSA) is 23.6 Å². The van der Waals surface area contributed by atoms with Gasteiger partial charge in [-0.05, 0) is 95.3 Å². The quantitative estimate of drug-likeness (QED) is 0.662. The van der Waals surface area contributed by atoms with Crippen molar-refractivity contribution in [1.82, 2.24) is 9.80 Å². The number of rotatable bonds is 6. The minimum absolute atomic E-state index is 0.211. The van der Waals surface area contributed by atoms with Gasteiger partial charge in [-0.3, -0.25) is 4.79 Å². The molecule has 0 aromatic rings. The van der Waals surface area contributed by atoms with Crippen molar-refractivity contribution in [3.8, 4) is 0 Å². The Balaban J connectivity index is 1.34. The summed E-state index contributed by atoms with van der Waals surface area (Å²) in [6.07, 6.45) is 10.7. The Morgan fingerprint density at radius 2 is 1.41 bits per heavy atom. The molecule has 0 spiro atoms. The maximum Gasteiger partial charge on any atom is 0.138 e. The van der Waals surface area contributed by atoms with Gasteiger partial charge in [-0.2, -0.15) is 0 Å². The zero-order valence-electron chi connectivity index (χ0n) is 18.5. The van der Waals surface area contributed by atoms with Gasteiger partial charge in [0.05, 0.1) is 0 Å². The van der Waals surface area contributed by atoms with Crippen molar-refractivity contribution in [1.29, 1.82) is 0 Å². The highest BCUT2D eigenvalue weighted by Gasteiger charge is 2.31. The predicted molar refractivity (Wildman–Crippen MR) is 114 cm³/mol. The van der Waals surface area contributed by atoms with Gasteiger partial charge in [-0.1, -0.05) is 27.7 Å². The summed E-state index contributed by atoms with van der Waals surface area (Å²) in [5.74, 6) is 3.77. The Kier molecular flexibility index (Phi) is 7.79. The molecule has 0 amide bonds. The van der Waals surface area contributed by atoms with Gasteiger partial charge in [-0.15, -0.1) is 0 Å². The minimum atomic E-state index is 0.211. The molecule has 3 rings (SSSR count). The lowest BCUT2D eigenvalue weighted by atomic mass is 9.81. The monoisotopic (exact) mass is 376 g/mol. The van der Waals surface area contributed by atoms with E-state index in [0.717, 1.165) is 49.7 Å². The highest BCUT2D eigenvalue weighted by atomic mass is 16.1. The third kappa shape index (κ3) is 5.79. The van der Waals surface area contributed by atoms with Crippen LogP contribution in [-0.4, -0.2) is 54.3 Å². The maximum atomic E-state index is 12.2. The fraction of sp³-hybridized carbons (Fsp3) is 0.958. The maximum absolute atomic E-state index is 12.2. The van der Waals surface area contributed by atoms with Crippen molar-refractivity contribution in [2.24, 2.45) is 29.6 Å². The molecule has 3 fully saturated rings. The number of hydrogen-bond acceptors (Lipinski definition) is 3.